The van der Waals surface area contributed by atoms with E-state index in [-0.39, 0.29) is 12.4 Å². The lowest BCUT2D eigenvalue weighted by atomic mass is 10.1. The molecular weight excluding hydrogens is 406 g/mol. The number of hydrogen-bond acceptors (Lipinski definition) is 8. The van der Waals surface area contributed by atoms with Crippen LogP contribution in [0.2, 0.25) is 0 Å². The SMILES string of the molecule is Nc1nc(NCCc2ccc3ccccc3c2)nc(-c2ccc(C[C@H](N)C(=O)O)nc2)n1. The van der Waals surface area contributed by atoms with Crippen LogP contribution in [-0.2, 0) is 17.6 Å². The predicted molar refractivity (Wildman–Crippen MR) is 123 cm³/mol. The minimum Gasteiger partial charge on any atom is -0.480 e. The van der Waals surface area contributed by atoms with Gasteiger partial charge in [0.15, 0.2) is 5.82 Å². The van der Waals surface area contributed by atoms with Gasteiger partial charge in [0.25, 0.3) is 0 Å². The molecule has 9 nitrogen and oxygen atoms in total. The summed E-state index contributed by atoms with van der Waals surface area (Å²) in [5.74, 6) is -0.210. The molecule has 6 N–H and O–H groups in total. The van der Waals surface area contributed by atoms with Crippen molar-refractivity contribution in [2.24, 2.45) is 5.73 Å². The van der Waals surface area contributed by atoms with Crippen molar-refractivity contribution in [2.45, 2.75) is 18.9 Å². The summed E-state index contributed by atoms with van der Waals surface area (Å²) in [6.45, 7) is 0.630. The number of carboxylic acids is 1. The van der Waals surface area contributed by atoms with Crippen LogP contribution in [0.25, 0.3) is 22.2 Å². The Kier molecular flexibility index (Phi) is 6.18. The van der Waals surface area contributed by atoms with Crippen LogP contribution in [0.5, 0.6) is 0 Å². The van der Waals surface area contributed by atoms with E-state index in [1.54, 1.807) is 18.3 Å². The number of nitrogen functional groups attached to an aromatic ring is 1. The number of anilines is 2. The van der Waals surface area contributed by atoms with E-state index >= 15 is 0 Å². The Balaban J connectivity index is 1.42. The normalized spacial score (nSPS) is 11.9. The van der Waals surface area contributed by atoms with Crippen molar-refractivity contribution in [3.8, 4) is 11.4 Å². The highest BCUT2D eigenvalue weighted by atomic mass is 16.4. The molecule has 0 saturated heterocycles. The Morgan fingerprint density at radius 2 is 1.84 bits per heavy atom. The lowest BCUT2D eigenvalue weighted by molar-refractivity contribution is -0.138. The zero-order chi connectivity index (χ0) is 22.5. The van der Waals surface area contributed by atoms with E-state index in [0.29, 0.717) is 29.6 Å². The molecule has 0 bridgehead atoms. The van der Waals surface area contributed by atoms with Gasteiger partial charge in [-0.25, -0.2) is 0 Å². The maximum atomic E-state index is 10.9. The average molecular weight is 429 g/mol. The summed E-state index contributed by atoms with van der Waals surface area (Å²) in [4.78, 5) is 27.9. The van der Waals surface area contributed by atoms with E-state index in [1.165, 1.54) is 16.3 Å². The molecule has 4 rings (SSSR count). The molecule has 0 fully saturated rings. The van der Waals surface area contributed by atoms with E-state index < -0.39 is 12.0 Å². The minimum absolute atomic E-state index is 0.0974. The quantitative estimate of drug-likeness (QED) is 0.330. The van der Waals surface area contributed by atoms with E-state index in [1.807, 2.05) is 12.1 Å². The molecule has 32 heavy (non-hydrogen) atoms. The largest absolute Gasteiger partial charge is 0.480 e. The van der Waals surface area contributed by atoms with Gasteiger partial charge < -0.3 is 21.9 Å². The summed E-state index contributed by atoms with van der Waals surface area (Å²) >= 11 is 0. The average Bonchev–Trinajstić information content (AvgIpc) is 2.79. The number of nitrogens with zero attached hydrogens (tertiary/aromatic N) is 4. The third-order valence-electron chi connectivity index (χ3n) is 4.99. The molecule has 0 saturated carbocycles. The fourth-order valence-corrected chi connectivity index (χ4v) is 3.30. The first-order valence-electron chi connectivity index (χ1n) is 10.1. The molecular formula is C23H23N7O2. The van der Waals surface area contributed by atoms with Gasteiger partial charge in [-0.2, -0.15) is 15.0 Å². The maximum absolute atomic E-state index is 10.9. The van der Waals surface area contributed by atoms with Gasteiger partial charge in [-0.15, -0.1) is 0 Å². The van der Waals surface area contributed by atoms with Crippen molar-refractivity contribution in [3.63, 3.8) is 0 Å². The van der Waals surface area contributed by atoms with Crippen LogP contribution in [0.3, 0.4) is 0 Å². The summed E-state index contributed by atoms with van der Waals surface area (Å²) in [5, 5.41) is 14.5. The molecule has 0 aliphatic carbocycles. The molecule has 2 aromatic heterocycles. The minimum atomic E-state index is -1.07. The summed E-state index contributed by atoms with van der Waals surface area (Å²) in [6, 6.07) is 17.1. The Morgan fingerprint density at radius 3 is 2.59 bits per heavy atom. The van der Waals surface area contributed by atoms with Gasteiger partial charge in [0, 0.05) is 30.4 Å². The van der Waals surface area contributed by atoms with Gasteiger partial charge in [-0.1, -0.05) is 42.5 Å². The number of nitrogens with two attached hydrogens (primary N) is 2. The van der Waals surface area contributed by atoms with E-state index in [0.717, 1.165) is 6.42 Å². The van der Waals surface area contributed by atoms with Gasteiger partial charge in [-0.05, 0) is 34.9 Å². The lowest BCUT2D eigenvalue weighted by Gasteiger charge is -2.09. The fraction of sp³-hybridized carbons (Fsp3) is 0.174. The van der Waals surface area contributed by atoms with Crippen molar-refractivity contribution in [2.75, 3.05) is 17.6 Å². The number of carboxylic acid groups (broad SMARTS) is 1. The summed E-state index contributed by atoms with van der Waals surface area (Å²) in [5.41, 5.74) is 13.8. The number of aromatic nitrogens is 4. The molecule has 0 radical (unpaired) electrons. The highest BCUT2D eigenvalue weighted by molar-refractivity contribution is 5.83. The number of hydrogen-bond donors (Lipinski definition) is 4. The molecule has 0 aliphatic heterocycles. The van der Waals surface area contributed by atoms with Crippen LogP contribution in [0.1, 0.15) is 11.3 Å². The topological polar surface area (TPSA) is 153 Å². The Labute approximate surface area is 184 Å². The second kappa shape index (κ2) is 9.36. The number of benzene rings is 2. The smallest absolute Gasteiger partial charge is 0.320 e. The van der Waals surface area contributed by atoms with Crippen LogP contribution < -0.4 is 16.8 Å². The standard InChI is InChI=1S/C23H23N7O2/c24-19(21(31)32)12-18-8-7-17(13-27-18)20-28-22(25)30-23(29-20)26-10-9-14-5-6-15-3-1-2-4-16(15)11-14/h1-8,11,13,19H,9-10,12,24H2,(H,31,32)(H3,25,26,28,29,30)/t19-/m0/s1. The second-order valence-corrected chi connectivity index (χ2v) is 7.39. The third kappa shape index (κ3) is 5.13. The van der Waals surface area contributed by atoms with E-state index in [9.17, 15) is 4.79 Å². The predicted octanol–water partition coefficient (Wildman–Crippen LogP) is 2.28. The fourth-order valence-electron chi connectivity index (χ4n) is 3.30. The summed E-state index contributed by atoms with van der Waals surface area (Å²) in [7, 11) is 0. The third-order valence-corrected chi connectivity index (χ3v) is 4.99. The number of fused-ring (bicyclic) bond motifs is 1. The molecule has 9 heteroatoms. The molecule has 2 aromatic carbocycles. The number of rotatable bonds is 8. The highest BCUT2D eigenvalue weighted by Gasteiger charge is 2.13. The Morgan fingerprint density at radius 1 is 1.03 bits per heavy atom. The van der Waals surface area contributed by atoms with E-state index in [2.05, 4.69) is 55.6 Å². The van der Waals surface area contributed by atoms with Crippen molar-refractivity contribution in [1.82, 2.24) is 19.9 Å². The molecule has 162 valence electrons. The molecule has 1 atom stereocenters. The number of nitrogens with one attached hydrogen (secondary N) is 1. The number of carbonyl (C=O) groups is 1. The number of aliphatic carboxylic acids is 1. The molecule has 0 amide bonds. The monoisotopic (exact) mass is 429 g/mol. The van der Waals surface area contributed by atoms with Crippen molar-refractivity contribution >= 4 is 28.6 Å². The molecule has 2 heterocycles. The number of pyridine rings is 1. The first kappa shape index (κ1) is 21.1. The Bertz CT molecular complexity index is 1240. The summed E-state index contributed by atoms with van der Waals surface area (Å²) < 4.78 is 0. The maximum Gasteiger partial charge on any atom is 0.320 e. The van der Waals surface area contributed by atoms with Gasteiger partial charge >= 0.3 is 5.97 Å². The van der Waals surface area contributed by atoms with Crippen molar-refractivity contribution in [1.29, 1.82) is 0 Å². The Hall–Kier alpha value is -4.11. The van der Waals surface area contributed by atoms with Crippen LogP contribution in [0.15, 0.2) is 60.8 Å². The van der Waals surface area contributed by atoms with E-state index in [4.69, 9.17) is 16.6 Å². The van der Waals surface area contributed by atoms with Crippen molar-refractivity contribution < 1.29 is 9.90 Å². The van der Waals surface area contributed by atoms with Crippen LogP contribution in [-0.4, -0.2) is 43.6 Å². The molecule has 4 aromatic rings. The van der Waals surface area contributed by atoms with Crippen LogP contribution in [0.4, 0.5) is 11.9 Å². The van der Waals surface area contributed by atoms with Crippen LogP contribution in [0, 0.1) is 0 Å². The molecule has 0 spiro atoms. The first-order chi connectivity index (χ1) is 15.5. The van der Waals surface area contributed by atoms with Crippen molar-refractivity contribution in [3.05, 3.63) is 72.1 Å². The van der Waals surface area contributed by atoms with Crippen LogP contribution >= 0.6 is 0 Å². The highest BCUT2D eigenvalue weighted by Crippen LogP contribution is 2.18. The molecule has 0 unspecified atom stereocenters. The van der Waals surface area contributed by atoms with Gasteiger partial charge in [0.2, 0.25) is 11.9 Å². The zero-order valence-electron chi connectivity index (χ0n) is 17.3. The summed E-state index contributed by atoms with van der Waals surface area (Å²) in [6.07, 6.45) is 2.50. The lowest BCUT2D eigenvalue weighted by Crippen LogP contribution is -2.32. The first-order valence-corrected chi connectivity index (χ1v) is 10.1. The van der Waals surface area contributed by atoms with Gasteiger partial charge in [-0.3, -0.25) is 9.78 Å². The molecule has 0 aliphatic rings. The zero-order valence-corrected chi connectivity index (χ0v) is 17.3. The van der Waals surface area contributed by atoms with Gasteiger partial charge in [0.05, 0.1) is 0 Å². The van der Waals surface area contributed by atoms with Gasteiger partial charge in [0.1, 0.15) is 6.04 Å². The second-order valence-electron chi connectivity index (χ2n) is 7.39.